The van der Waals surface area contributed by atoms with Gasteiger partial charge in [0.1, 0.15) is 13.1 Å². The summed E-state index contributed by atoms with van der Waals surface area (Å²) in [5.74, 6) is -0.700. The minimum Gasteiger partial charge on any atom is -0.468 e. The average Bonchev–Trinajstić information content (AvgIpc) is 2.59. The van der Waals surface area contributed by atoms with Crippen LogP contribution < -0.4 is 5.32 Å². The monoisotopic (exact) mass is 359 g/mol. The van der Waals surface area contributed by atoms with Crippen molar-refractivity contribution in [1.82, 2.24) is 15.1 Å². The SMILES string of the molecule is C.COC(=O)CN1CCCCC1=O.COC(=O)CN1CCNCC1=O. The molecule has 144 valence electrons. The van der Waals surface area contributed by atoms with E-state index in [4.69, 9.17) is 0 Å². The van der Waals surface area contributed by atoms with E-state index >= 15 is 0 Å². The lowest BCUT2D eigenvalue weighted by Gasteiger charge is -2.25. The highest BCUT2D eigenvalue weighted by molar-refractivity contribution is 5.84. The molecule has 0 spiro atoms. The van der Waals surface area contributed by atoms with Gasteiger partial charge in [-0.05, 0) is 12.8 Å². The van der Waals surface area contributed by atoms with Gasteiger partial charge in [-0.1, -0.05) is 7.43 Å². The van der Waals surface area contributed by atoms with Crippen LogP contribution in [0.2, 0.25) is 0 Å². The summed E-state index contributed by atoms with van der Waals surface area (Å²) in [5, 5.41) is 2.91. The Morgan fingerprint density at radius 3 is 2.00 bits per heavy atom. The van der Waals surface area contributed by atoms with Crippen molar-refractivity contribution in [3.63, 3.8) is 0 Å². The predicted octanol–water partition coefficient (Wildman–Crippen LogP) is -0.601. The first-order chi connectivity index (χ1) is 11.5. The summed E-state index contributed by atoms with van der Waals surface area (Å²) < 4.78 is 8.92. The number of methoxy groups -OCH3 is 2. The zero-order valence-electron chi connectivity index (χ0n) is 14.2. The van der Waals surface area contributed by atoms with Crippen molar-refractivity contribution in [3.05, 3.63) is 0 Å². The number of likely N-dealkylation sites (tertiary alicyclic amines) is 1. The van der Waals surface area contributed by atoms with E-state index in [1.54, 1.807) is 4.90 Å². The highest BCUT2D eigenvalue weighted by atomic mass is 16.5. The zero-order chi connectivity index (χ0) is 17.9. The number of esters is 2. The first kappa shape index (κ1) is 22.8. The number of hydrogen-bond acceptors (Lipinski definition) is 7. The molecular formula is C16H29N3O6. The molecule has 2 aliphatic heterocycles. The molecule has 2 heterocycles. The third-order valence-corrected chi connectivity index (χ3v) is 3.70. The quantitative estimate of drug-likeness (QED) is 0.668. The molecule has 2 rings (SSSR count). The zero-order valence-corrected chi connectivity index (χ0v) is 14.2. The van der Waals surface area contributed by atoms with Crippen LogP contribution in [0.25, 0.3) is 0 Å². The molecule has 0 atom stereocenters. The van der Waals surface area contributed by atoms with E-state index < -0.39 is 0 Å². The Morgan fingerprint density at radius 2 is 1.52 bits per heavy atom. The molecule has 2 amide bonds. The van der Waals surface area contributed by atoms with Gasteiger partial charge in [-0.3, -0.25) is 19.2 Å². The molecule has 2 fully saturated rings. The van der Waals surface area contributed by atoms with Crippen molar-refractivity contribution in [2.45, 2.75) is 26.7 Å². The number of carbonyl (C=O) groups is 4. The molecule has 0 unspecified atom stereocenters. The van der Waals surface area contributed by atoms with Crippen LogP contribution in [0.4, 0.5) is 0 Å². The smallest absolute Gasteiger partial charge is 0.325 e. The number of piperazine rings is 1. The lowest BCUT2D eigenvalue weighted by Crippen LogP contribution is -2.49. The van der Waals surface area contributed by atoms with Gasteiger partial charge < -0.3 is 24.6 Å². The summed E-state index contributed by atoms with van der Waals surface area (Å²) in [6.45, 7) is 2.49. The Kier molecular flexibility index (Phi) is 11.2. The molecule has 0 aliphatic carbocycles. The number of ether oxygens (including phenoxy) is 2. The number of carbonyl (C=O) groups excluding carboxylic acids is 4. The normalized spacial score (nSPS) is 17.0. The van der Waals surface area contributed by atoms with Gasteiger partial charge >= 0.3 is 11.9 Å². The number of piperidine rings is 1. The Morgan fingerprint density at radius 1 is 0.960 bits per heavy atom. The van der Waals surface area contributed by atoms with Crippen molar-refractivity contribution in [2.75, 3.05) is 53.5 Å². The fourth-order valence-electron chi connectivity index (χ4n) is 2.28. The van der Waals surface area contributed by atoms with Crippen molar-refractivity contribution >= 4 is 23.8 Å². The molecular weight excluding hydrogens is 330 g/mol. The van der Waals surface area contributed by atoms with Gasteiger partial charge in [0.05, 0.1) is 20.8 Å². The van der Waals surface area contributed by atoms with Crippen LogP contribution in [0, 0.1) is 0 Å². The lowest BCUT2D eigenvalue weighted by atomic mass is 10.1. The lowest BCUT2D eigenvalue weighted by molar-refractivity contribution is -0.148. The van der Waals surface area contributed by atoms with E-state index in [2.05, 4.69) is 14.8 Å². The second kappa shape index (κ2) is 12.2. The second-order valence-corrected chi connectivity index (χ2v) is 5.42. The highest BCUT2D eigenvalue weighted by Crippen LogP contribution is 2.09. The third-order valence-electron chi connectivity index (χ3n) is 3.70. The third kappa shape index (κ3) is 8.48. The minimum absolute atomic E-state index is 0. The topological polar surface area (TPSA) is 105 Å². The summed E-state index contributed by atoms with van der Waals surface area (Å²) in [6.07, 6.45) is 2.50. The van der Waals surface area contributed by atoms with Crippen LogP contribution in [0.1, 0.15) is 26.7 Å². The summed E-state index contributed by atoms with van der Waals surface area (Å²) in [6, 6.07) is 0. The van der Waals surface area contributed by atoms with Crippen LogP contribution in [-0.4, -0.2) is 87.0 Å². The molecule has 9 nitrogen and oxygen atoms in total. The van der Waals surface area contributed by atoms with Crippen LogP contribution >= 0.6 is 0 Å². The maximum atomic E-state index is 11.2. The van der Waals surface area contributed by atoms with Crippen LogP contribution in [0.3, 0.4) is 0 Å². The molecule has 0 aromatic heterocycles. The standard InChI is InChI=1S/C8H13NO3.C7H12N2O3.CH4/c1-12-8(11)6-9-5-3-2-4-7(9)10;1-12-7(11)5-9-3-2-8-4-6(9)10;/h2-6H2,1H3;8H,2-5H2,1H3;1H4. The number of amides is 2. The molecule has 25 heavy (non-hydrogen) atoms. The molecule has 0 aromatic carbocycles. The van der Waals surface area contributed by atoms with Crippen LogP contribution in [0.15, 0.2) is 0 Å². The molecule has 0 radical (unpaired) electrons. The molecule has 0 bridgehead atoms. The van der Waals surface area contributed by atoms with Gasteiger partial charge in [0.15, 0.2) is 0 Å². The predicted molar refractivity (Wildman–Crippen MR) is 90.6 cm³/mol. The van der Waals surface area contributed by atoms with E-state index in [9.17, 15) is 19.2 Å². The van der Waals surface area contributed by atoms with E-state index in [0.29, 0.717) is 26.1 Å². The van der Waals surface area contributed by atoms with Gasteiger partial charge in [-0.25, -0.2) is 0 Å². The van der Waals surface area contributed by atoms with Crippen molar-refractivity contribution in [1.29, 1.82) is 0 Å². The number of hydrogen-bond donors (Lipinski definition) is 1. The largest absolute Gasteiger partial charge is 0.468 e. The second-order valence-electron chi connectivity index (χ2n) is 5.42. The molecule has 9 heteroatoms. The Bertz CT molecular complexity index is 427. The van der Waals surface area contributed by atoms with Gasteiger partial charge in [0.25, 0.3) is 0 Å². The summed E-state index contributed by atoms with van der Waals surface area (Å²) in [4.78, 5) is 46.9. The van der Waals surface area contributed by atoms with Crippen molar-refractivity contribution in [2.24, 2.45) is 0 Å². The minimum atomic E-state index is -0.370. The van der Waals surface area contributed by atoms with Gasteiger partial charge in [0.2, 0.25) is 11.8 Å². The van der Waals surface area contributed by atoms with Gasteiger partial charge in [-0.2, -0.15) is 0 Å². The van der Waals surface area contributed by atoms with Crippen molar-refractivity contribution in [3.8, 4) is 0 Å². The molecule has 2 saturated heterocycles. The summed E-state index contributed by atoms with van der Waals surface area (Å²) in [5.41, 5.74) is 0. The molecule has 0 aromatic rings. The number of rotatable bonds is 4. The van der Waals surface area contributed by atoms with E-state index in [1.807, 2.05) is 0 Å². The number of nitrogens with zero attached hydrogens (tertiary/aromatic N) is 2. The Hall–Kier alpha value is -2.16. The van der Waals surface area contributed by atoms with Crippen LogP contribution in [0.5, 0.6) is 0 Å². The summed E-state index contributed by atoms with van der Waals surface area (Å²) >= 11 is 0. The molecule has 2 aliphatic rings. The van der Waals surface area contributed by atoms with Crippen LogP contribution in [-0.2, 0) is 28.7 Å². The fourth-order valence-corrected chi connectivity index (χ4v) is 2.28. The molecule has 1 N–H and O–H groups in total. The number of nitrogens with one attached hydrogen (secondary N) is 1. The summed E-state index contributed by atoms with van der Waals surface area (Å²) in [7, 11) is 2.64. The highest BCUT2D eigenvalue weighted by Gasteiger charge is 2.20. The fraction of sp³-hybridized carbons (Fsp3) is 0.750. The average molecular weight is 359 g/mol. The maximum Gasteiger partial charge on any atom is 0.325 e. The van der Waals surface area contributed by atoms with Crippen molar-refractivity contribution < 1.29 is 28.7 Å². The van der Waals surface area contributed by atoms with E-state index in [-0.39, 0.29) is 44.3 Å². The Balaban J connectivity index is 0.000000443. The first-order valence-corrected chi connectivity index (χ1v) is 7.87. The van der Waals surface area contributed by atoms with Gasteiger partial charge in [-0.15, -0.1) is 0 Å². The maximum absolute atomic E-state index is 11.2. The molecule has 0 saturated carbocycles. The Labute approximate surface area is 148 Å². The van der Waals surface area contributed by atoms with E-state index in [0.717, 1.165) is 19.4 Å². The van der Waals surface area contributed by atoms with E-state index in [1.165, 1.54) is 19.1 Å². The first-order valence-electron chi connectivity index (χ1n) is 7.87. The van der Waals surface area contributed by atoms with Gasteiger partial charge in [0, 0.05) is 26.1 Å².